The molecule has 0 bridgehead atoms. The lowest BCUT2D eigenvalue weighted by atomic mass is 9.92. The fraction of sp³-hybridized carbons (Fsp3) is 0.294. The summed E-state index contributed by atoms with van der Waals surface area (Å²) >= 11 is 0. The minimum atomic E-state index is -0.482. The number of benzene rings is 2. The Bertz CT molecular complexity index is 581. The Morgan fingerprint density at radius 1 is 1.10 bits per heavy atom. The summed E-state index contributed by atoms with van der Waals surface area (Å²) in [5.41, 5.74) is 2.08. The monoisotopic (exact) mass is 285 g/mol. The molecule has 2 aromatic rings. The van der Waals surface area contributed by atoms with Crippen LogP contribution in [-0.4, -0.2) is 10.0 Å². The molecule has 0 saturated heterocycles. The Morgan fingerprint density at radius 2 is 1.71 bits per heavy atom. The Labute approximate surface area is 124 Å². The number of aliphatic hydroxyl groups excluding tert-OH is 1. The van der Waals surface area contributed by atoms with Crippen LogP contribution in [0.5, 0.6) is 0 Å². The third-order valence-corrected chi connectivity index (χ3v) is 3.72. The molecule has 21 heavy (non-hydrogen) atoms. The van der Waals surface area contributed by atoms with Gasteiger partial charge >= 0.3 is 0 Å². The van der Waals surface area contributed by atoms with Gasteiger partial charge in [-0.25, -0.2) is 0 Å². The van der Waals surface area contributed by atoms with Crippen LogP contribution in [0.1, 0.15) is 30.6 Å². The van der Waals surface area contributed by atoms with E-state index in [1.165, 1.54) is 12.1 Å². The van der Waals surface area contributed by atoms with Gasteiger partial charge in [-0.1, -0.05) is 49.4 Å². The van der Waals surface area contributed by atoms with Crippen molar-refractivity contribution in [2.24, 2.45) is 5.92 Å². The van der Waals surface area contributed by atoms with Gasteiger partial charge in [-0.3, -0.25) is 10.1 Å². The lowest BCUT2D eigenvalue weighted by Gasteiger charge is -2.19. The van der Waals surface area contributed by atoms with Crippen molar-refractivity contribution < 1.29 is 10.0 Å². The number of rotatable bonds is 6. The van der Waals surface area contributed by atoms with Gasteiger partial charge in [0.15, 0.2) is 0 Å². The molecule has 0 radical (unpaired) electrons. The molecule has 4 nitrogen and oxygen atoms in total. The molecule has 0 aromatic heterocycles. The minimum Gasteiger partial charge on any atom is -0.388 e. The number of aryl methyl sites for hydroxylation is 1. The van der Waals surface area contributed by atoms with Crippen molar-refractivity contribution in [2.45, 2.75) is 25.9 Å². The van der Waals surface area contributed by atoms with E-state index in [4.69, 9.17) is 0 Å². The number of aliphatic hydroxyl groups is 1. The summed E-state index contributed by atoms with van der Waals surface area (Å²) in [4.78, 5) is 10.2. The minimum absolute atomic E-state index is 0.108. The highest BCUT2D eigenvalue weighted by Crippen LogP contribution is 2.25. The van der Waals surface area contributed by atoms with Crippen molar-refractivity contribution in [1.29, 1.82) is 0 Å². The predicted molar refractivity (Wildman–Crippen MR) is 82.0 cm³/mol. The van der Waals surface area contributed by atoms with E-state index in [0.717, 1.165) is 24.0 Å². The van der Waals surface area contributed by atoms with Crippen LogP contribution in [0, 0.1) is 16.0 Å². The summed E-state index contributed by atoms with van der Waals surface area (Å²) in [6.45, 7) is 2.02. The molecule has 0 spiro atoms. The molecule has 0 amide bonds. The average Bonchev–Trinajstić information content (AvgIpc) is 2.53. The van der Waals surface area contributed by atoms with E-state index in [1.807, 2.05) is 37.3 Å². The third-order valence-electron chi connectivity index (χ3n) is 3.72. The molecule has 110 valence electrons. The zero-order chi connectivity index (χ0) is 15.2. The first kappa shape index (κ1) is 15.2. The predicted octanol–water partition coefficient (Wildman–Crippen LogP) is 3.90. The second-order valence-electron chi connectivity index (χ2n) is 5.30. The Morgan fingerprint density at radius 3 is 2.29 bits per heavy atom. The Balaban J connectivity index is 1.91. The SMILES string of the molecule is CC(CCc1ccc([N+](=O)[O-])cc1)C(O)c1ccccc1. The van der Waals surface area contributed by atoms with Crippen molar-refractivity contribution in [1.82, 2.24) is 0 Å². The van der Waals surface area contributed by atoms with E-state index in [9.17, 15) is 15.2 Å². The van der Waals surface area contributed by atoms with Crippen molar-refractivity contribution in [2.75, 3.05) is 0 Å². The molecule has 2 atom stereocenters. The van der Waals surface area contributed by atoms with Gasteiger partial charge in [0.25, 0.3) is 5.69 Å². The van der Waals surface area contributed by atoms with Crippen LogP contribution in [0.2, 0.25) is 0 Å². The zero-order valence-electron chi connectivity index (χ0n) is 12.0. The average molecular weight is 285 g/mol. The van der Waals surface area contributed by atoms with Crippen molar-refractivity contribution in [3.8, 4) is 0 Å². The van der Waals surface area contributed by atoms with Gasteiger partial charge in [0.1, 0.15) is 0 Å². The maximum Gasteiger partial charge on any atom is 0.269 e. The van der Waals surface area contributed by atoms with Crippen LogP contribution in [0.15, 0.2) is 54.6 Å². The van der Waals surface area contributed by atoms with E-state index in [2.05, 4.69) is 0 Å². The fourth-order valence-electron chi connectivity index (χ4n) is 2.32. The lowest BCUT2D eigenvalue weighted by molar-refractivity contribution is -0.384. The lowest BCUT2D eigenvalue weighted by Crippen LogP contribution is -2.10. The molecule has 2 rings (SSSR count). The third kappa shape index (κ3) is 4.13. The largest absolute Gasteiger partial charge is 0.388 e. The number of non-ortho nitro benzene ring substituents is 1. The second kappa shape index (κ2) is 6.99. The van der Waals surface area contributed by atoms with Crippen LogP contribution in [0.4, 0.5) is 5.69 Å². The van der Waals surface area contributed by atoms with Crippen molar-refractivity contribution >= 4 is 5.69 Å². The van der Waals surface area contributed by atoms with Crippen molar-refractivity contribution in [3.05, 3.63) is 75.8 Å². The first-order valence-electron chi connectivity index (χ1n) is 7.04. The number of nitro benzene ring substituents is 1. The molecule has 4 heteroatoms. The molecular weight excluding hydrogens is 266 g/mol. The van der Waals surface area contributed by atoms with Gasteiger partial charge in [0, 0.05) is 12.1 Å². The summed E-state index contributed by atoms with van der Waals surface area (Å²) in [5.74, 6) is 0.127. The van der Waals surface area contributed by atoms with Crippen LogP contribution < -0.4 is 0 Å². The van der Waals surface area contributed by atoms with Gasteiger partial charge in [-0.15, -0.1) is 0 Å². The number of hydrogen-bond acceptors (Lipinski definition) is 3. The summed E-state index contributed by atoms with van der Waals surface area (Å²) in [5, 5.41) is 20.9. The Hall–Kier alpha value is -2.20. The smallest absolute Gasteiger partial charge is 0.269 e. The molecule has 0 fully saturated rings. The number of hydrogen-bond donors (Lipinski definition) is 1. The molecular formula is C17H19NO3. The van der Waals surface area contributed by atoms with Crippen molar-refractivity contribution in [3.63, 3.8) is 0 Å². The summed E-state index contributed by atoms with van der Waals surface area (Å²) in [6.07, 6.45) is 1.14. The second-order valence-corrected chi connectivity index (χ2v) is 5.30. The molecule has 2 unspecified atom stereocenters. The summed E-state index contributed by atoms with van der Waals surface area (Å²) in [7, 11) is 0. The topological polar surface area (TPSA) is 63.4 Å². The van der Waals surface area contributed by atoms with Gasteiger partial charge in [-0.2, -0.15) is 0 Å². The van der Waals surface area contributed by atoms with Gasteiger partial charge < -0.3 is 5.11 Å². The fourth-order valence-corrected chi connectivity index (χ4v) is 2.32. The maximum atomic E-state index is 10.6. The quantitative estimate of drug-likeness (QED) is 0.646. The van der Waals surface area contributed by atoms with Crippen LogP contribution in [0.3, 0.4) is 0 Å². The van der Waals surface area contributed by atoms with Crippen LogP contribution in [0.25, 0.3) is 0 Å². The number of nitrogens with zero attached hydrogens (tertiary/aromatic N) is 1. The molecule has 0 heterocycles. The zero-order valence-corrected chi connectivity index (χ0v) is 12.0. The van der Waals surface area contributed by atoms with E-state index >= 15 is 0 Å². The maximum absolute atomic E-state index is 10.6. The van der Waals surface area contributed by atoms with E-state index in [-0.39, 0.29) is 11.6 Å². The normalized spacial score (nSPS) is 13.6. The molecule has 0 aliphatic carbocycles. The number of nitro groups is 1. The summed E-state index contributed by atoms with van der Waals surface area (Å²) < 4.78 is 0. The van der Waals surface area contributed by atoms with Gasteiger partial charge in [0.05, 0.1) is 11.0 Å². The molecule has 0 aliphatic rings. The highest BCUT2D eigenvalue weighted by molar-refractivity contribution is 5.32. The molecule has 1 N–H and O–H groups in total. The molecule has 2 aromatic carbocycles. The molecule has 0 aliphatic heterocycles. The van der Waals surface area contributed by atoms with E-state index in [1.54, 1.807) is 12.1 Å². The van der Waals surface area contributed by atoms with E-state index < -0.39 is 11.0 Å². The molecule has 0 saturated carbocycles. The highest BCUT2D eigenvalue weighted by Gasteiger charge is 2.16. The van der Waals surface area contributed by atoms with Crippen LogP contribution >= 0.6 is 0 Å². The first-order valence-corrected chi connectivity index (χ1v) is 7.04. The summed E-state index contributed by atoms with van der Waals surface area (Å²) in [6, 6.07) is 16.2. The van der Waals surface area contributed by atoms with Gasteiger partial charge in [-0.05, 0) is 29.9 Å². The first-order chi connectivity index (χ1) is 10.1. The van der Waals surface area contributed by atoms with Gasteiger partial charge in [0.2, 0.25) is 0 Å². The Kier molecular flexibility index (Phi) is 5.06. The van der Waals surface area contributed by atoms with Crippen LogP contribution in [-0.2, 0) is 6.42 Å². The van der Waals surface area contributed by atoms with E-state index in [0.29, 0.717) is 0 Å². The highest BCUT2D eigenvalue weighted by atomic mass is 16.6. The standard InChI is InChI=1S/C17H19NO3/c1-13(17(19)15-5-3-2-4-6-15)7-8-14-9-11-16(12-10-14)18(20)21/h2-6,9-13,17,19H,7-8H2,1H3.